The molecule has 150 valence electrons. The number of hydrogen-bond donors (Lipinski definition) is 1. The number of benzene rings is 2. The van der Waals surface area contributed by atoms with E-state index in [9.17, 15) is 18.4 Å². The fourth-order valence-corrected chi connectivity index (χ4v) is 2.55. The Bertz CT molecular complexity index is 1130. The molecular weight excluding hydrogens is 380 g/mol. The molecule has 0 bridgehead atoms. The zero-order valence-corrected chi connectivity index (χ0v) is 16.1. The van der Waals surface area contributed by atoms with E-state index < -0.39 is 23.6 Å². The maximum absolute atomic E-state index is 13.3. The Kier molecular flexibility index (Phi) is 5.72. The molecule has 0 radical (unpaired) electrons. The largest absolute Gasteiger partial charge is 0.463 e. The van der Waals surface area contributed by atoms with Crippen LogP contribution in [0.4, 0.5) is 14.5 Å². The van der Waals surface area contributed by atoms with Crippen molar-refractivity contribution in [3.05, 3.63) is 81.6 Å². The molecule has 3 rings (SSSR count). The van der Waals surface area contributed by atoms with Gasteiger partial charge in [0.15, 0.2) is 17.7 Å². The first-order valence-corrected chi connectivity index (χ1v) is 8.85. The number of nitrogens with zero attached hydrogens (tertiary/aromatic N) is 2. The maximum atomic E-state index is 13.3. The molecule has 8 heteroatoms. The predicted molar refractivity (Wildman–Crippen MR) is 104 cm³/mol. The summed E-state index contributed by atoms with van der Waals surface area (Å²) >= 11 is 0. The third kappa shape index (κ3) is 4.66. The van der Waals surface area contributed by atoms with Gasteiger partial charge in [0.25, 0.3) is 11.5 Å². The van der Waals surface area contributed by atoms with Crippen LogP contribution in [0.2, 0.25) is 0 Å². The molecule has 1 heterocycles. The van der Waals surface area contributed by atoms with Crippen molar-refractivity contribution >= 4 is 11.6 Å². The number of ether oxygens (including phenoxy) is 1. The molecule has 1 atom stereocenters. The summed E-state index contributed by atoms with van der Waals surface area (Å²) in [5.41, 5.74) is 2.40. The molecular formula is C21H19F2N3O3. The molecule has 3 aromatic rings. The van der Waals surface area contributed by atoms with Gasteiger partial charge in [-0.25, -0.2) is 8.78 Å². The van der Waals surface area contributed by atoms with Crippen LogP contribution >= 0.6 is 0 Å². The van der Waals surface area contributed by atoms with Crippen molar-refractivity contribution < 1.29 is 18.3 Å². The molecule has 1 amide bonds. The van der Waals surface area contributed by atoms with Crippen molar-refractivity contribution in [2.45, 2.75) is 26.9 Å². The number of rotatable bonds is 5. The molecule has 0 aliphatic carbocycles. The number of amides is 1. The Balaban J connectivity index is 1.77. The summed E-state index contributed by atoms with van der Waals surface area (Å²) in [6.45, 7) is 5.36. The lowest BCUT2D eigenvalue weighted by Gasteiger charge is -2.15. The van der Waals surface area contributed by atoms with Crippen LogP contribution < -0.4 is 15.6 Å². The Morgan fingerprint density at radius 1 is 1.03 bits per heavy atom. The van der Waals surface area contributed by atoms with E-state index in [1.54, 1.807) is 6.07 Å². The summed E-state index contributed by atoms with van der Waals surface area (Å²) in [5.74, 6) is -2.60. The van der Waals surface area contributed by atoms with Gasteiger partial charge in [-0.15, -0.1) is 5.10 Å². The minimum Gasteiger partial charge on any atom is -0.463 e. The second kappa shape index (κ2) is 8.22. The summed E-state index contributed by atoms with van der Waals surface area (Å²) in [6.07, 6.45) is -0.999. The van der Waals surface area contributed by atoms with Crippen molar-refractivity contribution in [1.82, 2.24) is 9.78 Å². The third-order valence-electron chi connectivity index (χ3n) is 4.36. The van der Waals surface area contributed by atoms with Gasteiger partial charge < -0.3 is 10.1 Å². The van der Waals surface area contributed by atoms with Crippen molar-refractivity contribution in [1.29, 1.82) is 0 Å². The first-order valence-electron chi connectivity index (χ1n) is 8.85. The summed E-state index contributed by atoms with van der Waals surface area (Å²) in [6, 6.07) is 11.1. The van der Waals surface area contributed by atoms with Gasteiger partial charge in [-0.05, 0) is 56.2 Å². The van der Waals surface area contributed by atoms with E-state index in [1.807, 2.05) is 26.0 Å². The lowest BCUT2D eigenvalue weighted by Crippen LogP contribution is -2.31. The first-order chi connectivity index (χ1) is 13.7. The molecule has 29 heavy (non-hydrogen) atoms. The molecule has 1 N–H and O–H groups in total. The lowest BCUT2D eigenvalue weighted by atomic mass is 10.1. The number of aryl methyl sites for hydroxylation is 2. The summed E-state index contributed by atoms with van der Waals surface area (Å²) in [7, 11) is 0. The van der Waals surface area contributed by atoms with Crippen LogP contribution in [0.15, 0.2) is 53.3 Å². The van der Waals surface area contributed by atoms with Gasteiger partial charge in [0.2, 0.25) is 5.88 Å². The van der Waals surface area contributed by atoms with Crippen molar-refractivity contribution in [3.8, 4) is 11.6 Å². The normalized spacial score (nSPS) is 11.8. The van der Waals surface area contributed by atoms with E-state index >= 15 is 0 Å². The van der Waals surface area contributed by atoms with Gasteiger partial charge in [-0.3, -0.25) is 9.59 Å². The minimum absolute atomic E-state index is 0.0655. The fraction of sp³-hybridized carbons (Fsp3) is 0.190. The quantitative estimate of drug-likeness (QED) is 0.712. The van der Waals surface area contributed by atoms with E-state index in [0.29, 0.717) is 5.69 Å². The Morgan fingerprint density at radius 2 is 1.79 bits per heavy atom. The number of anilines is 1. The van der Waals surface area contributed by atoms with Gasteiger partial charge in [0, 0.05) is 23.9 Å². The Hall–Kier alpha value is -3.55. The molecule has 1 aromatic heterocycles. The molecule has 0 saturated heterocycles. The van der Waals surface area contributed by atoms with Gasteiger partial charge in [0.05, 0.1) is 5.69 Å². The smallest absolute Gasteiger partial charge is 0.271 e. The number of aromatic nitrogens is 2. The van der Waals surface area contributed by atoms with Crippen LogP contribution in [0.25, 0.3) is 5.69 Å². The van der Waals surface area contributed by atoms with Crippen LogP contribution in [0.1, 0.15) is 18.1 Å². The first kappa shape index (κ1) is 20.2. The average molecular weight is 399 g/mol. The molecule has 6 nitrogen and oxygen atoms in total. The zero-order valence-electron chi connectivity index (χ0n) is 16.1. The number of hydrogen-bond acceptors (Lipinski definition) is 4. The van der Waals surface area contributed by atoms with E-state index in [0.717, 1.165) is 23.3 Å². The van der Waals surface area contributed by atoms with Gasteiger partial charge >= 0.3 is 0 Å². The molecule has 0 aliphatic rings. The highest BCUT2D eigenvalue weighted by molar-refractivity contribution is 5.94. The van der Waals surface area contributed by atoms with Crippen molar-refractivity contribution in [3.63, 3.8) is 0 Å². The molecule has 0 aliphatic heterocycles. The second-order valence-electron chi connectivity index (χ2n) is 6.57. The SMILES string of the molecule is Cc1ccc(-n2nc(OC(C)C(=O)Nc3ccc(F)c(F)c3)ccc2=O)cc1C. The number of nitrogens with one attached hydrogen (secondary N) is 1. The van der Waals surface area contributed by atoms with Crippen LogP contribution in [0, 0.1) is 25.5 Å². The number of halogens is 2. The third-order valence-corrected chi connectivity index (χ3v) is 4.36. The number of carbonyl (C=O) groups excluding carboxylic acids is 1. The van der Waals surface area contributed by atoms with Crippen LogP contribution in [-0.4, -0.2) is 21.8 Å². The molecule has 1 unspecified atom stereocenters. The van der Waals surface area contributed by atoms with E-state index in [1.165, 1.54) is 29.8 Å². The predicted octanol–water partition coefficient (Wildman–Crippen LogP) is 3.53. The Morgan fingerprint density at radius 3 is 2.48 bits per heavy atom. The molecule has 0 fully saturated rings. The summed E-state index contributed by atoms with van der Waals surface area (Å²) in [5, 5.41) is 6.60. The minimum atomic E-state index is -1.07. The van der Waals surface area contributed by atoms with E-state index in [-0.39, 0.29) is 17.1 Å². The van der Waals surface area contributed by atoms with Crippen LogP contribution in [0.3, 0.4) is 0 Å². The highest BCUT2D eigenvalue weighted by Crippen LogP contribution is 2.16. The van der Waals surface area contributed by atoms with Crippen LogP contribution in [0.5, 0.6) is 5.88 Å². The number of carbonyl (C=O) groups is 1. The Labute approximate surface area is 165 Å². The lowest BCUT2D eigenvalue weighted by molar-refractivity contribution is -0.122. The maximum Gasteiger partial charge on any atom is 0.271 e. The molecule has 0 spiro atoms. The van der Waals surface area contributed by atoms with E-state index in [4.69, 9.17) is 4.74 Å². The standard InChI is InChI=1S/C21H19F2N3O3/c1-12-4-6-16(10-13(12)2)26-20(27)9-8-19(25-26)29-14(3)21(28)24-15-5-7-17(22)18(23)11-15/h4-11,14H,1-3H3,(H,24,28). The summed E-state index contributed by atoms with van der Waals surface area (Å²) < 4.78 is 33.0. The molecule has 2 aromatic carbocycles. The molecule has 0 saturated carbocycles. The van der Waals surface area contributed by atoms with Gasteiger partial charge in [-0.1, -0.05) is 6.07 Å². The van der Waals surface area contributed by atoms with Gasteiger partial charge in [-0.2, -0.15) is 4.68 Å². The fourth-order valence-electron chi connectivity index (χ4n) is 2.55. The monoisotopic (exact) mass is 399 g/mol. The second-order valence-corrected chi connectivity index (χ2v) is 6.57. The topological polar surface area (TPSA) is 73.2 Å². The van der Waals surface area contributed by atoms with Gasteiger partial charge in [0.1, 0.15) is 0 Å². The average Bonchev–Trinajstić information content (AvgIpc) is 2.68. The van der Waals surface area contributed by atoms with Crippen molar-refractivity contribution in [2.24, 2.45) is 0 Å². The summed E-state index contributed by atoms with van der Waals surface area (Å²) in [4.78, 5) is 24.5. The van der Waals surface area contributed by atoms with E-state index in [2.05, 4.69) is 10.4 Å². The zero-order chi connectivity index (χ0) is 21.1. The van der Waals surface area contributed by atoms with Crippen LogP contribution in [-0.2, 0) is 4.79 Å². The highest BCUT2D eigenvalue weighted by atomic mass is 19.2. The highest BCUT2D eigenvalue weighted by Gasteiger charge is 2.17. The van der Waals surface area contributed by atoms with Crippen molar-refractivity contribution in [2.75, 3.05) is 5.32 Å².